The topological polar surface area (TPSA) is 41.1 Å². The van der Waals surface area contributed by atoms with E-state index in [1.165, 1.54) is 38.5 Å². The van der Waals surface area contributed by atoms with Crippen molar-refractivity contribution in [2.45, 2.75) is 44.6 Å². The first-order chi connectivity index (χ1) is 7.31. The molecule has 2 amide bonds. The molecular formula is C12H20N2O. The second-order valence-electron chi connectivity index (χ2n) is 5.56. The van der Waals surface area contributed by atoms with Crippen LogP contribution in [-0.4, -0.2) is 18.6 Å². The minimum absolute atomic E-state index is 0.0558. The van der Waals surface area contributed by atoms with Crippen molar-refractivity contribution in [1.29, 1.82) is 0 Å². The van der Waals surface area contributed by atoms with Crippen LogP contribution in [0.1, 0.15) is 38.5 Å². The number of hydrogen-bond donors (Lipinski definition) is 2. The maximum Gasteiger partial charge on any atom is 0.315 e. The zero-order valence-corrected chi connectivity index (χ0v) is 9.17. The monoisotopic (exact) mass is 208 g/mol. The van der Waals surface area contributed by atoms with E-state index in [0.717, 1.165) is 24.3 Å². The van der Waals surface area contributed by atoms with Crippen LogP contribution in [0.15, 0.2) is 0 Å². The number of nitrogens with one attached hydrogen (secondary N) is 2. The Hall–Kier alpha value is -0.730. The number of amides is 2. The second-order valence-corrected chi connectivity index (χ2v) is 5.56. The molecule has 0 saturated heterocycles. The first-order valence-electron chi connectivity index (χ1n) is 6.35. The SMILES string of the molecule is O=C(NCC1CC2CCC1C2)NC1CC1. The second kappa shape index (κ2) is 3.69. The lowest BCUT2D eigenvalue weighted by Crippen LogP contribution is -2.40. The molecule has 0 aromatic carbocycles. The van der Waals surface area contributed by atoms with Gasteiger partial charge in [0.25, 0.3) is 0 Å². The molecule has 0 heterocycles. The number of hydrogen-bond acceptors (Lipinski definition) is 1. The highest BCUT2D eigenvalue weighted by Crippen LogP contribution is 2.47. The molecule has 3 aliphatic carbocycles. The summed E-state index contributed by atoms with van der Waals surface area (Å²) in [5.41, 5.74) is 0. The number of carbonyl (C=O) groups is 1. The first-order valence-corrected chi connectivity index (χ1v) is 6.35. The van der Waals surface area contributed by atoms with E-state index in [4.69, 9.17) is 0 Å². The van der Waals surface area contributed by atoms with Crippen LogP contribution in [-0.2, 0) is 0 Å². The summed E-state index contributed by atoms with van der Waals surface area (Å²) in [5, 5.41) is 6.00. The first kappa shape index (κ1) is 9.49. The van der Waals surface area contributed by atoms with Crippen LogP contribution < -0.4 is 10.6 Å². The Morgan fingerprint density at radius 1 is 1.13 bits per heavy atom. The molecule has 3 nitrogen and oxygen atoms in total. The number of urea groups is 1. The summed E-state index contributed by atoms with van der Waals surface area (Å²) < 4.78 is 0. The third-order valence-corrected chi connectivity index (χ3v) is 4.32. The third-order valence-electron chi connectivity index (χ3n) is 4.32. The largest absolute Gasteiger partial charge is 0.338 e. The van der Waals surface area contributed by atoms with E-state index in [1.807, 2.05) is 0 Å². The van der Waals surface area contributed by atoms with Gasteiger partial charge in [-0.05, 0) is 49.9 Å². The summed E-state index contributed by atoms with van der Waals surface area (Å²) in [6, 6.07) is 0.533. The van der Waals surface area contributed by atoms with Crippen LogP contribution in [0, 0.1) is 17.8 Å². The van der Waals surface area contributed by atoms with Crippen LogP contribution in [0.2, 0.25) is 0 Å². The molecule has 3 unspecified atom stereocenters. The van der Waals surface area contributed by atoms with E-state index in [2.05, 4.69) is 10.6 Å². The fourth-order valence-electron chi connectivity index (χ4n) is 3.31. The standard InChI is InChI=1S/C12H20N2O/c15-12(14-11-3-4-11)13-7-10-6-8-1-2-9(10)5-8/h8-11H,1-7H2,(H2,13,14,15). The van der Waals surface area contributed by atoms with E-state index in [9.17, 15) is 4.79 Å². The van der Waals surface area contributed by atoms with Crippen molar-refractivity contribution in [2.75, 3.05) is 6.54 Å². The highest BCUT2D eigenvalue weighted by molar-refractivity contribution is 5.74. The lowest BCUT2D eigenvalue weighted by atomic mass is 9.89. The van der Waals surface area contributed by atoms with Crippen molar-refractivity contribution < 1.29 is 4.79 Å². The Morgan fingerprint density at radius 3 is 2.60 bits per heavy atom. The highest BCUT2D eigenvalue weighted by Gasteiger charge is 2.39. The molecule has 3 fully saturated rings. The normalized spacial score (nSPS) is 38.0. The van der Waals surface area contributed by atoms with E-state index < -0.39 is 0 Å². The minimum Gasteiger partial charge on any atom is -0.338 e. The minimum atomic E-state index is 0.0558. The van der Waals surface area contributed by atoms with Crippen LogP contribution in [0.4, 0.5) is 4.79 Å². The predicted octanol–water partition coefficient (Wildman–Crippen LogP) is 1.88. The van der Waals surface area contributed by atoms with Gasteiger partial charge in [0.05, 0.1) is 0 Å². The molecule has 0 radical (unpaired) electrons. The Balaban J connectivity index is 1.40. The van der Waals surface area contributed by atoms with Gasteiger partial charge in [0.1, 0.15) is 0 Å². The lowest BCUT2D eigenvalue weighted by Gasteiger charge is -2.21. The van der Waals surface area contributed by atoms with Gasteiger partial charge in [-0.15, -0.1) is 0 Å². The van der Waals surface area contributed by atoms with Crippen molar-refractivity contribution in [3.63, 3.8) is 0 Å². The Labute approximate surface area is 91.0 Å². The van der Waals surface area contributed by atoms with Crippen molar-refractivity contribution in [3.8, 4) is 0 Å². The van der Waals surface area contributed by atoms with Crippen LogP contribution in [0.5, 0.6) is 0 Å². The van der Waals surface area contributed by atoms with Crippen LogP contribution >= 0.6 is 0 Å². The predicted molar refractivity (Wildman–Crippen MR) is 58.5 cm³/mol. The molecule has 84 valence electrons. The fraction of sp³-hybridized carbons (Fsp3) is 0.917. The summed E-state index contributed by atoms with van der Waals surface area (Å²) in [6.45, 7) is 0.902. The zero-order valence-electron chi connectivity index (χ0n) is 9.17. The fourth-order valence-corrected chi connectivity index (χ4v) is 3.31. The molecule has 0 aliphatic heterocycles. The van der Waals surface area contributed by atoms with Gasteiger partial charge in [0.2, 0.25) is 0 Å². The van der Waals surface area contributed by atoms with Gasteiger partial charge in [0, 0.05) is 12.6 Å². The van der Waals surface area contributed by atoms with Gasteiger partial charge < -0.3 is 10.6 Å². The van der Waals surface area contributed by atoms with Crippen molar-refractivity contribution >= 4 is 6.03 Å². The average Bonchev–Trinajstić information content (AvgIpc) is 2.80. The lowest BCUT2D eigenvalue weighted by molar-refractivity contribution is 0.234. The highest BCUT2D eigenvalue weighted by atomic mass is 16.2. The quantitative estimate of drug-likeness (QED) is 0.730. The van der Waals surface area contributed by atoms with Crippen molar-refractivity contribution in [1.82, 2.24) is 10.6 Å². The van der Waals surface area contributed by atoms with E-state index in [-0.39, 0.29) is 6.03 Å². The molecule has 15 heavy (non-hydrogen) atoms. The summed E-state index contributed by atoms with van der Waals surface area (Å²) in [4.78, 5) is 11.4. The molecule has 0 aromatic rings. The van der Waals surface area contributed by atoms with Crippen molar-refractivity contribution in [2.24, 2.45) is 17.8 Å². The van der Waals surface area contributed by atoms with E-state index >= 15 is 0 Å². The van der Waals surface area contributed by atoms with E-state index in [0.29, 0.717) is 6.04 Å². The summed E-state index contributed by atoms with van der Waals surface area (Å²) >= 11 is 0. The molecule has 3 heteroatoms. The molecule has 0 spiro atoms. The molecule has 0 aromatic heterocycles. The molecular weight excluding hydrogens is 188 g/mol. The van der Waals surface area contributed by atoms with Gasteiger partial charge in [-0.2, -0.15) is 0 Å². The van der Waals surface area contributed by atoms with E-state index in [1.54, 1.807) is 0 Å². The Bertz CT molecular complexity index is 262. The van der Waals surface area contributed by atoms with Crippen LogP contribution in [0.3, 0.4) is 0 Å². The maximum atomic E-state index is 11.4. The number of fused-ring (bicyclic) bond motifs is 2. The van der Waals surface area contributed by atoms with Gasteiger partial charge in [-0.1, -0.05) is 6.42 Å². The number of carbonyl (C=O) groups excluding carboxylic acids is 1. The maximum absolute atomic E-state index is 11.4. The molecule has 3 aliphatic rings. The Morgan fingerprint density at radius 2 is 2.00 bits per heavy atom. The third kappa shape index (κ3) is 2.11. The number of rotatable bonds is 3. The molecule has 2 bridgehead atoms. The zero-order chi connectivity index (χ0) is 10.3. The molecule has 3 rings (SSSR count). The molecule has 3 atom stereocenters. The van der Waals surface area contributed by atoms with Crippen LogP contribution in [0.25, 0.3) is 0 Å². The van der Waals surface area contributed by atoms with Gasteiger partial charge in [-0.3, -0.25) is 0 Å². The molecule has 3 saturated carbocycles. The van der Waals surface area contributed by atoms with Gasteiger partial charge in [0.15, 0.2) is 0 Å². The summed E-state index contributed by atoms with van der Waals surface area (Å²) in [5.74, 6) is 2.67. The summed E-state index contributed by atoms with van der Waals surface area (Å²) in [7, 11) is 0. The smallest absolute Gasteiger partial charge is 0.315 e. The summed E-state index contributed by atoms with van der Waals surface area (Å²) in [6.07, 6.45) is 7.96. The van der Waals surface area contributed by atoms with Gasteiger partial charge >= 0.3 is 6.03 Å². The van der Waals surface area contributed by atoms with Crippen molar-refractivity contribution in [3.05, 3.63) is 0 Å². The molecule has 2 N–H and O–H groups in total. The van der Waals surface area contributed by atoms with Gasteiger partial charge in [-0.25, -0.2) is 4.79 Å². The Kier molecular flexibility index (Phi) is 2.33. The average molecular weight is 208 g/mol.